The Morgan fingerprint density at radius 3 is 2.58 bits per heavy atom. The van der Waals surface area contributed by atoms with Crippen LogP contribution in [-0.2, 0) is 9.59 Å². The number of aromatic nitrogens is 1. The summed E-state index contributed by atoms with van der Waals surface area (Å²) in [6.07, 6.45) is 1.89. The Morgan fingerprint density at radius 1 is 1.16 bits per heavy atom. The van der Waals surface area contributed by atoms with Gasteiger partial charge in [-0.15, -0.1) is 11.3 Å². The standard InChI is InChI=1S/C23H20N4O3S/c24-13-15-5-7-17(8-6-15)25-18-4-1-3-16(11-18)19-14-31-22(26-19)27-21(30)23(9-2-10-23)12-20(28)29/h1,3-8,11,14,25H,2,9-10,12H2,(H,28,29)(H,26,27,30). The first-order valence-electron chi connectivity index (χ1n) is 9.84. The topological polar surface area (TPSA) is 115 Å². The number of nitrogens with zero attached hydrogens (tertiary/aromatic N) is 2. The molecule has 1 fully saturated rings. The average molecular weight is 433 g/mol. The van der Waals surface area contributed by atoms with Gasteiger partial charge in [-0.3, -0.25) is 9.59 Å². The molecule has 2 aromatic carbocycles. The molecule has 0 bridgehead atoms. The highest BCUT2D eigenvalue weighted by atomic mass is 32.1. The number of carbonyl (C=O) groups is 2. The van der Waals surface area contributed by atoms with Crippen LogP contribution >= 0.6 is 11.3 Å². The fourth-order valence-corrected chi connectivity index (χ4v) is 4.34. The second-order valence-corrected chi connectivity index (χ2v) is 8.45. The van der Waals surface area contributed by atoms with Gasteiger partial charge >= 0.3 is 5.97 Å². The lowest BCUT2D eigenvalue weighted by Gasteiger charge is -2.38. The zero-order chi connectivity index (χ0) is 21.8. The lowest BCUT2D eigenvalue weighted by Crippen LogP contribution is -2.43. The van der Waals surface area contributed by atoms with E-state index in [0.717, 1.165) is 29.1 Å². The Balaban J connectivity index is 1.46. The minimum atomic E-state index is -0.957. The Labute approximate surface area is 183 Å². The minimum absolute atomic E-state index is 0.153. The summed E-state index contributed by atoms with van der Waals surface area (Å²) in [4.78, 5) is 28.3. The molecule has 1 amide bonds. The van der Waals surface area contributed by atoms with Crippen LogP contribution in [-0.4, -0.2) is 22.0 Å². The van der Waals surface area contributed by atoms with Gasteiger partial charge in [0, 0.05) is 22.3 Å². The number of nitrogens with one attached hydrogen (secondary N) is 2. The summed E-state index contributed by atoms with van der Waals surface area (Å²) in [6, 6.07) is 17.0. The maximum atomic E-state index is 12.7. The molecule has 1 aliphatic carbocycles. The fraction of sp³-hybridized carbons (Fsp3) is 0.217. The SMILES string of the molecule is N#Cc1ccc(Nc2cccc(-c3csc(NC(=O)C4(CC(=O)O)CCC4)n3)c2)cc1. The third kappa shape index (κ3) is 4.57. The predicted molar refractivity (Wildman–Crippen MR) is 119 cm³/mol. The van der Waals surface area contributed by atoms with Crippen LogP contribution in [0.15, 0.2) is 53.9 Å². The number of hydrogen-bond donors (Lipinski definition) is 3. The molecule has 156 valence electrons. The summed E-state index contributed by atoms with van der Waals surface area (Å²) in [6.45, 7) is 0. The summed E-state index contributed by atoms with van der Waals surface area (Å²) in [5.74, 6) is -1.22. The maximum absolute atomic E-state index is 12.7. The van der Waals surface area contributed by atoms with Gasteiger partial charge in [0.15, 0.2) is 5.13 Å². The van der Waals surface area contributed by atoms with Crippen molar-refractivity contribution in [1.82, 2.24) is 4.98 Å². The molecule has 8 heteroatoms. The number of aliphatic carboxylic acids is 1. The first-order chi connectivity index (χ1) is 15.0. The number of anilines is 3. The smallest absolute Gasteiger partial charge is 0.304 e. The highest BCUT2D eigenvalue weighted by Gasteiger charge is 2.46. The van der Waals surface area contributed by atoms with E-state index >= 15 is 0 Å². The Kier molecular flexibility index (Phi) is 5.69. The molecule has 0 radical (unpaired) electrons. The van der Waals surface area contributed by atoms with E-state index in [-0.39, 0.29) is 12.3 Å². The van der Waals surface area contributed by atoms with Crippen LogP contribution < -0.4 is 10.6 Å². The van der Waals surface area contributed by atoms with Crippen LogP contribution in [0.4, 0.5) is 16.5 Å². The number of rotatable bonds is 7. The number of thiazole rings is 1. The number of amides is 1. The highest BCUT2D eigenvalue weighted by molar-refractivity contribution is 7.14. The molecule has 1 aliphatic rings. The van der Waals surface area contributed by atoms with Gasteiger partial charge in [-0.1, -0.05) is 18.6 Å². The summed E-state index contributed by atoms with van der Waals surface area (Å²) in [7, 11) is 0. The number of carbonyl (C=O) groups excluding carboxylic acids is 1. The molecule has 3 N–H and O–H groups in total. The third-order valence-corrected chi connectivity index (χ3v) is 6.23. The average Bonchev–Trinajstić information content (AvgIpc) is 3.20. The number of hydrogen-bond acceptors (Lipinski definition) is 6. The molecule has 0 spiro atoms. The van der Waals surface area contributed by atoms with E-state index in [1.54, 1.807) is 12.1 Å². The Bertz CT molecular complexity index is 1160. The Morgan fingerprint density at radius 2 is 1.94 bits per heavy atom. The lowest BCUT2D eigenvalue weighted by molar-refractivity contribution is -0.147. The normalized spacial score (nSPS) is 14.2. The van der Waals surface area contributed by atoms with Gasteiger partial charge in [-0.2, -0.15) is 5.26 Å². The van der Waals surface area contributed by atoms with Crippen molar-refractivity contribution in [2.45, 2.75) is 25.7 Å². The van der Waals surface area contributed by atoms with Gasteiger partial charge in [0.05, 0.1) is 29.2 Å². The van der Waals surface area contributed by atoms with Crippen LogP contribution in [0.3, 0.4) is 0 Å². The van der Waals surface area contributed by atoms with Gasteiger partial charge in [-0.25, -0.2) is 4.98 Å². The molecule has 0 aliphatic heterocycles. The fourth-order valence-electron chi connectivity index (χ4n) is 3.62. The largest absolute Gasteiger partial charge is 0.481 e. The van der Waals surface area contributed by atoms with Gasteiger partial charge in [-0.05, 0) is 49.2 Å². The van der Waals surface area contributed by atoms with Crippen LogP contribution in [0.5, 0.6) is 0 Å². The van der Waals surface area contributed by atoms with Crippen molar-refractivity contribution in [3.63, 3.8) is 0 Å². The molecule has 1 heterocycles. The molecule has 4 rings (SSSR count). The van der Waals surface area contributed by atoms with E-state index < -0.39 is 11.4 Å². The lowest BCUT2D eigenvalue weighted by atomic mass is 9.66. The zero-order valence-electron chi connectivity index (χ0n) is 16.6. The van der Waals surface area contributed by atoms with E-state index in [9.17, 15) is 9.59 Å². The molecule has 0 atom stereocenters. The molecule has 1 saturated carbocycles. The number of benzene rings is 2. The molecule has 0 saturated heterocycles. The van der Waals surface area contributed by atoms with Crippen molar-refractivity contribution in [1.29, 1.82) is 5.26 Å². The van der Waals surface area contributed by atoms with E-state index in [1.807, 2.05) is 41.8 Å². The minimum Gasteiger partial charge on any atom is -0.481 e. The van der Waals surface area contributed by atoms with Crippen LogP contribution in [0.2, 0.25) is 0 Å². The van der Waals surface area contributed by atoms with Gasteiger partial charge in [0.2, 0.25) is 5.91 Å². The molecule has 0 unspecified atom stereocenters. The highest BCUT2D eigenvalue weighted by Crippen LogP contribution is 2.45. The second-order valence-electron chi connectivity index (χ2n) is 7.59. The molecule has 7 nitrogen and oxygen atoms in total. The molecular weight excluding hydrogens is 412 g/mol. The van der Waals surface area contributed by atoms with Crippen molar-refractivity contribution in [2.24, 2.45) is 5.41 Å². The summed E-state index contributed by atoms with van der Waals surface area (Å²) < 4.78 is 0. The van der Waals surface area contributed by atoms with Crippen LogP contribution in [0.1, 0.15) is 31.2 Å². The summed E-state index contributed by atoms with van der Waals surface area (Å²) >= 11 is 1.31. The van der Waals surface area contributed by atoms with Gasteiger partial charge in [0.25, 0.3) is 0 Å². The van der Waals surface area contributed by atoms with E-state index in [0.29, 0.717) is 23.5 Å². The molecule has 1 aromatic heterocycles. The maximum Gasteiger partial charge on any atom is 0.304 e. The molecular formula is C23H20N4O3S. The third-order valence-electron chi connectivity index (χ3n) is 5.47. The van der Waals surface area contributed by atoms with Gasteiger partial charge < -0.3 is 15.7 Å². The van der Waals surface area contributed by atoms with E-state index in [2.05, 4.69) is 21.7 Å². The van der Waals surface area contributed by atoms with Crippen LogP contribution in [0.25, 0.3) is 11.3 Å². The zero-order valence-corrected chi connectivity index (χ0v) is 17.4. The monoisotopic (exact) mass is 432 g/mol. The van der Waals surface area contributed by atoms with Crippen molar-refractivity contribution in [2.75, 3.05) is 10.6 Å². The van der Waals surface area contributed by atoms with Crippen molar-refractivity contribution in [3.8, 4) is 17.3 Å². The van der Waals surface area contributed by atoms with Crippen LogP contribution in [0, 0.1) is 16.7 Å². The number of carboxylic acid groups (broad SMARTS) is 1. The van der Waals surface area contributed by atoms with Crippen molar-refractivity contribution >= 4 is 39.7 Å². The molecule has 3 aromatic rings. The van der Waals surface area contributed by atoms with Crippen molar-refractivity contribution in [3.05, 3.63) is 59.5 Å². The quantitative estimate of drug-likeness (QED) is 0.483. The first-order valence-corrected chi connectivity index (χ1v) is 10.7. The van der Waals surface area contributed by atoms with E-state index in [1.165, 1.54) is 11.3 Å². The molecule has 31 heavy (non-hydrogen) atoms. The Hall–Kier alpha value is -3.70. The summed E-state index contributed by atoms with van der Waals surface area (Å²) in [5.41, 5.74) is 3.14. The van der Waals surface area contributed by atoms with Crippen molar-refractivity contribution < 1.29 is 14.7 Å². The predicted octanol–water partition coefficient (Wildman–Crippen LogP) is 5.01. The number of carboxylic acids is 1. The summed E-state index contributed by atoms with van der Waals surface area (Å²) in [5, 5.41) is 26.5. The second kappa shape index (κ2) is 8.58. The van der Waals surface area contributed by atoms with E-state index in [4.69, 9.17) is 10.4 Å². The van der Waals surface area contributed by atoms with Gasteiger partial charge in [0.1, 0.15) is 0 Å². The first kappa shape index (κ1) is 20.6. The number of nitriles is 1.